The fraction of sp³-hybridized carbons (Fsp3) is 0.846. The van der Waals surface area contributed by atoms with E-state index in [1.165, 1.54) is 0 Å². The van der Waals surface area contributed by atoms with Crippen LogP contribution in [0.2, 0.25) is 0 Å². The third-order valence-electron chi connectivity index (χ3n) is 4.36. The largest absolute Gasteiger partial charge is 0.481 e. The summed E-state index contributed by atoms with van der Waals surface area (Å²) in [5.74, 6) is -0.942. The normalized spacial score (nSPS) is 36.7. The average Bonchev–Trinajstić information content (AvgIpc) is 2.71. The van der Waals surface area contributed by atoms with Crippen LogP contribution in [0, 0.1) is 17.8 Å². The summed E-state index contributed by atoms with van der Waals surface area (Å²) in [5.41, 5.74) is 5.83. The molecule has 0 spiro atoms. The zero-order chi connectivity index (χ0) is 13.3. The van der Waals surface area contributed by atoms with Gasteiger partial charge in [-0.15, -0.1) is 0 Å². The molecule has 5 nitrogen and oxygen atoms in total. The van der Waals surface area contributed by atoms with Gasteiger partial charge in [-0.25, -0.2) is 0 Å². The molecule has 5 heteroatoms. The lowest BCUT2D eigenvalue weighted by molar-refractivity contribution is -0.142. The van der Waals surface area contributed by atoms with Crippen molar-refractivity contribution in [2.75, 3.05) is 13.1 Å². The van der Waals surface area contributed by atoms with Crippen molar-refractivity contribution < 1.29 is 14.7 Å². The van der Waals surface area contributed by atoms with E-state index in [0.717, 1.165) is 25.7 Å². The second-order valence-electron chi connectivity index (χ2n) is 5.78. The second-order valence-corrected chi connectivity index (χ2v) is 5.78. The molecular formula is C13H22N2O3. The van der Waals surface area contributed by atoms with Crippen LogP contribution >= 0.6 is 0 Å². The first-order chi connectivity index (χ1) is 8.49. The van der Waals surface area contributed by atoms with Crippen molar-refractivity contribution in [2.45, 2.75) is 38.6 Å². The van der Waals surface area contributed by atoms with Crippen LogP contribution in [-0.2, 0) is 9.59 Å². The Bertz CT molecular complexity index is 337. The van der Waals surface area contributed by atoms with Gasteiger partial charge in [0.25, 0.3) is 0 Å². The molecule has 0 aromatic rings. The molecule has 0 aromatic carbocycles. The van der Waals surface area contributed by atoms with E-state index in [2.05, 4.69) is 0 Å². The Morgan fingerprint density at radius 2 is 1.78 bits per heavy atom. The maximum Gasteiger partial charge on any atom is 0.308 e. The summed E-state index contributed by atoms with van der Waals surface area (Å²) < 4.78 is 0. The van der Waals surface area contributed by atoms with E-state index in [1.807, 2.05) is 6.92 Å². The minimum atomic E-state index is -0.788. The van der Waals surface area contributed by atoms with Crippen molar-refractivity contribution in [1.82, 2.24) is 4.90 Å². The van der Waals surface area contributed by atoms with E-state index in [0.29, 0.717) is 13.1 Å². The van der Waals surface area contributed by atoms with Crippen molar-refractivity contribution in [2.24, 2.45) is 23.5 Å². The molecule has 1 saturated heterocycles. The van der Waals surface area contributed by atoms with E-state index < -0.39 is 11.9 Å². The number of nitrogens with two attached hydrogens (primary N) is 1. The van der Waals surface area contributed by atoms with Gasteiger partial charge in [0.1, 0.15) is 0 Å². The lowest BCUT2D eigenvalue weighted by Gasteiger charge is -2.28. The second kappa shape index (κ2) is 5.26. The van der Waals surface area contributed by atoms with Crippen LogP contribution < -0.4 is 5.73 Å². The van der Waals surface area contributed by atoms with Crippen molar-refractivity contribution >= 4 is 11.9 Å². The number of carbonyl (C=O) groups excluding carboxylic acids is 1. The molecule has 1 amide bonds. The molecule has 18 heavy (non-hydrogen) atoms. The lowest BCUT2D eigenvalue weighted by Crippen LogP contribution is -2.38. The lowest BCUT2D eigenvalue weighted by atomic mass is 9.85. The first-order valence-electron chi connectivity index (χ1n) is 6.76. The molecule has 2 unspecified atom stereocenters. The molecule has 2 atom stereocenters. The van der Waals surface area contributed by atoms with Gasteiger partial charge < -0.3 is 15.7 Å². The SMILES string of the molecule is CC1CN(C(=O)C2CCC(N)CC2)CC1C(=O)O. The van der Waals surface area contributed by atoms with E-state index in [1.54, 1.807) is 4.90 Å². The number of amides is 1. The molecule has 2 aliphatic rings. The van der Waals surface area contributed by atoms with E-state index in [9.17, 15) is 9.59 Å². The maximum atomic E-state index is 12.3. The predicted molar refractivity (Wildman–Crippen MR) is 66.8 cm³/mol. The summed E-state index contributed by atoms with van der Waals surface area (Å²) in [5, 5.41) is 9.07. The number of carbonyl (C=O) groups is 2. The first kappa shape index (κ1) is 13.3. The summed E-state index contributed by atoms with van der Waals surface area (Å²) in [7, 11) is 0. The van der Waals surface area contributed by atoms with Crippen LogP contribution in [0.15, 0.2) is 0 Å². The molecule has 1 aliphatic carbocycles. The van der Waals surface area contributed by atoms with Gasteiger partial charge >= 0.3 is 5.97 Å². The monoisotopic (exact) mass is 254 g/mol. The maximum absolute atomic E-state index is 12.3. The van der Waals surface area contributed by atoms with Crippen LogP contribution in [0.4, 0.5) is 0 Å². The number of carboxylic acid groups (broad SMARTS) is 1. The molecule has 2 rings (SSSR count). The molecular weight excluding hydrogens is 232 g/mol. The molecule has 1 saturated carbocycles. The van der Waals surface area contributed by atoms with Crippen molar-refractivity contribution in [3.8, 4) is 0 Å². The van der Waals surface area contributed by atoms with Gasteiger partial charge in [0.2, 0.25) is 5.91 Å². The third-order valence-corrected chi connectivity index (χ3v) is 4.36. The van der Waals surface area contributed by atoms with Crippen LogP contribution in [0.3, 0.4) is 0 Å². The highest BCUT2D eigenvalue weighted by molar-refractivity contribution is 5.81. The van der Waals surface area contributed by atoms with E-state index in [-0.39, 0.29) is 23.8 Å². The fourth-order valence-electron chi connectivity index (χ4n) is 3.09. The molecule has 1 heterocycles. The Balaban J connectivity index is 1.92. The molecule has 0 aromatic heterocycles. The zero-order valence-corrected chi connectivity index (χ0v) is 10.8. The van der Waals surface area contributed by atoms with Gasteiger partial charge in [0.15, 0.2) is 0 Å². The Morgan fingerprint density at radius 1 is 1.17 bits per heavy atom. The Hall–Kier alpha value is -1.10. The Morgan fingerprint density at radius 3 is 2.28 bits per heavy atom. The highest BCUT2D eigenvalue weighted by atomic mass is 16.4. The predicted octanol–water partition coefficient (Wildman–Crippen LogP) is 0.683. The number of rotatable bonds is 2. The molecule has 2 fully saturated rings. The van der Waals surface area contributed by atoms with Crippen molar-refractivity contribution in [1.29, 1.82) is 0 Å². The van der Waals surface area contributed by atoms with Gasteiger partial charge in [-0.1, -0.05) is 6.92 Å². The summed E-state index contributed by atoms with van der Waals surface area (Å²) in [6.07, 6.45) is 3.51. The van der Waals surface area contributed by atoms with Gasteiger partial charge in [-0.2, -0.15) is 0 Å². The smallest absolute Gasteiger partial charge is 0.308 e. The van der Waals surface area contributed by atoms with E-state index in [4.69, 9.17) is 10.8 Å². The number of carboxylic acids is 1. The fourth-order valence-corrected chi connectivity index (χ4v) is 3.09. The van der Waals surface area contributed by atoms with Gasteiger partial charge in [0.05, 0.1) is 5.92 Å². The quantitative estimate of drug-likeness (QED) is 0.759. The van der Waals surface area contributed by atoms with Crippen LogP contribution in [0.25, 0.3) is 0 Å². The summed E-state index contributed by atoms with van der Waals surface area (Å²) in [6, 6.07) is 0.235. The number of hydrogen-bond acceptors (Lipinski definition) is 3. The molecule has 102 valence electrons. The number of nitrogens with zero attached hydrogens (tertiary/aromatic N) is 1. The summed E-state index contributed by atoms with van der Waals surface area (Å²) >= 11 is 0. The average molecular weight is 254 g/mol. The number of hydrogen-bond donors (Lipinski definition) is 2. The Kier molecular flexibility index (Phi) is 3.90. The van der Waals surface area contributed by atoms with Crippen molar-refractivity contribution in [3.63, 3.8) is 0 Å². The standard InChI is InChI=1S/C13H22N2O3/c1-8-6-15(7-11(8)13(17)18)12(16)9-2-4-10(14)5-3-9/h8-11H,2-7,14H2,1H3,(H,17,18). The van der Waals surface area contributed by atoms with Crippen LogP contribution in [-0.4, -0.2) is 41.0 Å². The molecule has 0 radical (unpaired) electrons. The summed E-state index contributed by atoms with van der Waals surface area (Å²) in [6.45, 7) is 2.86. The summed E-state index contributed by atoms with van der Waals surface area (Å²) in [4.78, 5) is 25.1. The third kappa shape index (κ3) is 2.66. The van der Waals surface area contributed by atoms with E-state index >= 15 is 0 Å². The topological polar surface area (TPSA) is 83.6 Å². The highest BCUT2D eigenvalue weighted by Crippen LogP contribution is 2.29. The van der Waals surface area contributed by atoms with Crippen molar-refractivity contribution in [3.05, 3.63) is 0 Å². The number of likely N-dealkylation sites (tertiary alicyclic amines) is 1. The first-order valence-corrected chi connectivity index (χ1v) is 6.76. The van der Waals surface area contributed by atoms with Gasteiger partial charge in [0, 0.05) is 25.0 Å². The highest BCUT2D eigenvalue weighted by Gasteiger charge is 2.39. The van der Waals surface area contributed by atoms with Crippen LogP contribution in [0.1, 0.15) is 32.6 Å². The van der Waals surface area contributed by atoms with Gasteiger partial charge in [-0.3, -0.25) is 9.59 Å². The zero-order valence-electron chi connectivity index (χ0n) is 10.8. The minimum Gasteiger partial charge on any atom is -0.481 e. The molecule has 1 aliphatic heterocycles. The molecule has 3 N–H and O–H groups in total. The minimum absolute atomic E-state index is 0.0531. The number of aliphatic carboxylic acids is 1. The van der Waals surface area contributed by atoms with Crippen LogP contribution in [0.5, 0.6) is 0 Å². The molecule has 0 bridgehead atoms. The Labute approximate surface area is 107 Å². The van der Waals surface area contributed by atoms with Gasteiger partial charge in [-0.05, 0) is 31.6 Å².